The fourth-order valence-corrected chi connectivity index (χ4v) is 4.08. The number of aromatic nitrogens is 5. The van der Waals surface area contributed by atoms with Gasteiger partial charge in [0.1, 0.15) is 0 Å². The summed E-state index contributed by atoms with van der Waals surface area (Å²) in [4.78, 5) is 8.12. The third kappa shape index (κ3) is 2.52. The van der Waals surface area contributed by atoms with Gasteiger partial charge in [-0.25, -0.2) is 9.50 Å². The highest BCUT2D eigenvalue weighted by atomic mass is 32.1. The molecule has 0 spiro atoms. The number of aryl methyl sites for hydroxylation is 1. The van der Waals surface area contributed by atoms with Gasteiger partial charge >= 0.3 is 0 Å². The minimum absolute atomic E-state index is 0.0550. The molecule has 1 aliphatic rings. The van der Waals surface area contributed by atoms with Crippen molar-refractivity contribution in [1.82, 2.24) is 24.4 Å². The first-order valence-electron chi connectivity index (χ1n) is 8.04. The van der Waals surface area contributed by atoms with Crippen LogP contribution in [-0.2, 0) is 12.5 Å². The largest absolute Gasteiger partial charge is 0.339 e. The summed E-state index contributed by atoms with van der Waals surface area (Å²) >= 11 is 1.68. The van der Waals surface area contributed by atoms with Crippen LogP contribution in [0, 0.1) is 0 Å². The lowest BCUT2D eigenvalue weighted by atomic mass is 9.93. The van der Waals surface area contributed by atoms with Gasteiger partial charge in [0.2, 0.25) is 10.1 Å². The summed E-state index contributed by atoms with van der Waals surface area (Å²) in [7, 11) is 1.97. The number of rotatable bonds is 2. The minimum Gasteiger partial charge on any atom is -0.339 e. The van der Waals surface area contributed by atoms with Crippen molar-refractivity contribution in [3.8, 4) is 0 Å². The lowest BCUT2D eigenvalue weighted by Gasteiger charge is -2.22. The van der Waals surface area contributed by atoms with Crippen LogP contribution in [0.25, 0.3) is 4.96 Å². The van der Waals surface area contributed by atoms with Gasteiger partial charge < -0.3 is 4.90 Å². The lowest BCUT2D eigenvalue weighted by Crippen LogP contribution is -2.22. The summed E-state index contributed by atoms with van der Waals surface area (Å²) in [5.74, 6) is 0. The molecule has 0 saturated carbocycles. The maximum Gasteiger partial charge on any atom is 0.214 e. The molecule has 0 aliphatic carbocycles. The molecule has 0 amide bonds. The molecule has 1 fully saturated rings. The second kappa shape index (κ2) is 5.06. The van der Waals surface area contributed by atoms with Crippen molar-refractivity contribution in [2.45, 2.75) is 45.1 Å². The van der Waals surface area contributed by atoms with E-state index in [0.29, 0.717) is 6.04 Å². The van der Waals surface area contributed by atoms with Gasteiger partial charge in [-0.3, -0.25) is 4.68 Å². The molecular formula is C16H22N6S. The molecule has 0 unspecified atom stereocenters. The van der Waals surface area contributed by atoms with Gasteiger partial charge in [0.15, 0.2) is 0 Å². The van der Waals surface area contributed by atoms with Gasteiger partial charge in [-0.2, -0.15) is 5.10 Å². The Labute approximate surface area is 139 Å². The molecule has 0 N–H and O–H groups in total. The highest BCUT2D eigenvalue weighted by Gasteiger charge is 2.30. The van der Waals surface area contributed by atoms with Gasteiger partial charge in [-0.15, -0.1) is 5.10 Å². The number of nitrogens with zero attached hydrogens (tertiary/aromatic N) is 6. The average Bonchev–Trinajstić information content (AvgIpc) is 3.18. The first kappa shape index (κ1) is 14.7. The van der Waals surface area contributed by atoms with E-state index < -0.39 is 0 Å². The summed E-state index contributed by atoms with van der Waals surface area (Å²) in [6.07, 6.45) is 8.48. The summed E-state index contributed by atoms with van der Waals surface area (Å²) < 4.78 is 3.80. The van der Waals surface area contributed by atoms with Crippen molar-refractivity contribution in [3.05, 3.63) is 29.8 Å². The molecule has 23 heavy (non-hydrogen) atoms. The van der Waals surface area contributed by atoms with Crippen LogP contribution in [-0.4, -0.2) is 30.9 Å². The van der Waals surface area contributed by atoms with Crippen molar-refractivity contribution in [1.29, 1.82) is 0 Å². The van der Waals surface area contributed by atoms with Gasteiger partial charge in [-0.05, 0) is 12.8 Å². The zero-order valence-electron chi connectivity index (χ0n) is 14.0. The van der Waals surface area contributed by atoms with Crippen molar-refractivity contribution < 1.29 is 0 Å². The van der Waals surface area contributed by atoms with E-state index in [-0.39, 0.29) is 5.41 Å². The van der Waals surface area contributed by atoms with Crippen LogP contribution >= 0.6 is 11.3 Å². The minimum atomic E-state index is 0.0550. The van der Waals surface area contributed by atoms with Gasteiger partial charge in [-0.1, -0.05) is 32.1 Å². The van der Waals surface area contributed by atoms with Gasteiger partial charge in [0.25, 0.3) is 0 Å². The summed E-state index contributed by atoms with van der Waals surface area (Å²) in [6, 6.07) is 0.377. The average molecular weight is 330 g/mol. The summed E-state index contributed by atoms with van der Waals surface area (Å²) in [5.41, 5.74) is 2.42. The Morgan fingerprint density at radius 1 is 1.26 bits per heavy atom. The number of fused-ring (bicyclic) bond motifs is 1. The van der Waals surface area contributed by atoms with Crippen LogP contribution < -0.4 is 4.90 Å². The van der Waals surface area contributed by atoms with Crippen LogP contribution in [0.2, 0.25) is 0 Å². The van der Waals surface area contributed by atoms with E-state index in [1.54, 1.807) is 11.3 Å². The topological polar surface area (TPSA) is 51.2 Å². The fourth-order valence-electron chi connectivity index (χ4n) is 3.12. The van der Waals surface area contributed by atoms with Crippen LogP contribution in [0.3, 0.4) is 0 Å². The Bertz CT molecular complexity index is 805. The molecule has 1 saturated heterocycles. The zero-order valence-corrected chi connectivity index (χ0v) is 14.8. The molecule has 4 rings (SSSR count). The van der Waals surface area contributed by atoms with Crippen molar-refractivity contribution in [2.24, 2.45) is 7.05 Å². The van der Waals surface area contributed by atoms with Crippen molar-refractivity contribution >= 4 is 21.4 Å². The Balaban J connectivity index is 1.66. The molecule has 1 atom stereocenters. The molecular weight excluding hydrogens is 308 g/mol. The number of anilines is 1. The predicted molar refractivity (Wildman–Crippen MR) is 92.1 cm³/mol. The molecule has 122 valence electrons. The first-order valence-corrected chi connectivity index (χ1v) is 8.85. The van der Waals surface area contributed by atoms with E-state index >= 15 is 0 Å². The van der Waals surface area contributed by atoms with E-state index in [4.69, 9.17) is 10.1 Å². The second-order valence-corrected chi connectivity index (χ2v) is 8.22. The molecule has 4 heterocycles. The van der Waals surface area contributed by atoms with Crippen LogP contribution in [0.4, 0.5) is 5.13 Å². The molecule has 3 aromatic rings. The van der Waals surface area contributed by atoms with Crippen LogP contribution in [0.5, 0.6) is 0 Å². The van der Waals surface area contributed by atoms with E-state index in [2.05, 4.69) is 43.2 Å². The maximum absolute atomic E-state index is 4.78. The highest BCUT2D eigenvalue weighted by Crippen LogP contribution is 2.38. The van der Waals surface area contributed by atoms with E-state index in [9.17, 15) is 0 Å². The normalized spacial score (nSPS) is 19.1. The molecule has 3 aromatic heterocycles. The Kier molecular flexibility index (Phi) is 3.23. The fraction of sp³-hybridized carbons (Fsp3) is 0.562. The Morgan fingerprint density at radius 2 is 2.09 bits per heavy atom. The molecule has 0 bridgehead atoms. The van der Waals surface area contributed by atoms with E-state index in [1.165, 1.54) is 12.0 Å². The number of hydrogen-bond acceptors (Lipinski definition) is 5. The molecule has 0 radical (unpaired) electrons. The quantitative estimate of drug-likeness (QED) is 0.724. The summed E-state index contributed by atoms with van der Waals surface area (Å²) in [5, 5.41) is 10.2. The molecule has 6 nitrogen and oxygen atoms in total. The SMILES string of the molecule is Cn1cc([C@H]2CCCN2c2nn3cc(C(C)(C)C)nc3s2)cn1. The predicted octanol–water partition coefficient (Wildman–Crippen LogP) is 3.16. The van der Waals surface area contributed by atoms with Crippen LogP contribution in [0.1, 0.15) is 50.9 Å². The monoisotopic (exact) mass is 330 g/mol. The van der Waals surface area contributed by atoms with Gasteiger partial charge in [0, 0.05) is 30.8 Å². The first-order chi connectivity index (χ1) is 10.9. The number of hydrogen-bond donors (Lipinski definition) is 0. The van der Waals surface area contributed by atoms with Gasteiger partial charge in [0.05, 0.1) is 24.1 Å². The second-order valence-electron chi connectivity index (χ2n) is 7.29. The molecule has 1 aliphatic heterocycles. The molecule has 7 heteroatoms. The maximum atomic E-state index is 4.78. The van der Waals surface area contributed by atoms with Crippen LogP contribution in [0.15, 0.2) is 18.6 Å². The van der Waals surface area contributed by atoms with Crippen molar-refractivity contribution in [2.75, 3.05) is 11.4 Å². The third-order valence-electron chi connectivity index (χ3n) is 4.41. The van der Waals surface area contributed by atoms with E-state index in [0.717, 1.165) is 28.8 Å². The van der Waals surface area contributed by atoms with E-state index in [1.807, 2.05) is 22.4 Å². The molecule has 0 aromatic carbocycles. The Morgan fingerprint density at radius 3 is 2.74 bits per heavy atom. The summed E-state index contributed by atoms with van der Waals surface area (Å²) in [6.45, 7) is 7.58. The number of imidazole rings is 1. The standard InChI is InChI=1S/C16H22N6S/c1-16(2,3)13-10-22-14(18-13)23-15(19-22)21-7-5-6-12(21)11-8-17-20(4)9-11/h8-10,12H,5-7H2,1-4H3/t12-/m1/s1. The van der Waals surface area contributed by atoms with Crippen molar-refractivity contribution in [3.63, 3.8) is 0 Å². The Hall–Kier alpha value is -1.89. The zero-order chi connectivity index (χ0) is 16.2. The third-order valence-corrected chi connectivity index (χ3v) is 5.37. The highest BCUT2D eigenvalue weighted by molar-refractivity contribution is 7.20. The lowest BCUT2D eigenvalue weighted by molar-refractivity contribution is 0.572. The smallest absolute Gasteiger partial charge is 0.214 e.